The molecular weight excluding hydrogens is 210 g/mol. The number of hydrogen-bond acceptors (Lipinski definition) is 4. The fourth-order valence-electron chi connectivity index (χ4n) is 2.22. The van der Waals surface area contributed by atoms with Gasteiger partial charge in [-0.3, -0.25) is 14.5 Å². The van der Waals surface area contributed by atoms with Gasteiger partial charge in [-0.1, -0.05) is 0 Å². The van der Waals surface area contributed by atoms with Crippen LogP contribution in [0.1, 0.15) is 32.6 Å². The predicted molar refractivity (Wildman–Crippen MR) is 55.5 cm³/mol. The Bertz CT molecular complexity index is 280. The van der Waals surface area contributed by atoms with Gasteiger partial charge in [0.1, 0.15) is 12.2 Å². The first-order chi connectivity index (χ1) is 7.59. The minimum absolute atomic E-state index is 0.204. The van der Waals surface area contributed by atoms with E-state index in [0.29, 0.717) is 32.2 Å². The van der Waals surface area contributed by atoms with Crippen LogP contribution in [0, 0.1) is 0 Å². The number of carbonyl (C=O) groups excluding carboxylic acids is 2. The molecule has 0 aromatic heterocycles. The number of aliphatic hydroxyl groups is 1. The highest BCUT2D eigenvalue weighted by molar-refractivity contribution is 6.02. The Labute approximate surface area is 94.4 Å². The van der Waals surface area contributed by atoms with E-state index in [2.05, 4.69) is 0 Å². The molecule has 2 rings (SSSR count). The van der Waals surface area contributed by atoms with Crippen LogP contribution in [0.4, 0.5) is 0 Å². The fraction of sp³-hybridized carbons (Fsp3) is 0.818. The van der Waals surface area contributed by atoms with E-state index in [1.807, 2.05) is 0 Å². The number of rotatable bonds is 4. The Morgan fingerprint density at radius 2 is 1.94 bits per heavy atom. The maximum Gasteiger partial charge on any atom is 0.258 e. The monoisotopic (exact) mass is 227 g/mol. The third-order valence-electron chi connectivity index (χ3n) is 3.11. The van der Waals surface area contributed by atoms with Crippen molar-refractivity contribution in [3.8, 4) is 0 Å². The number of imide groups is 1. The Kier molecular flexibility index (Phi) is 3.25. The normalized spacial score (nSPS) is 31.0. The van der Waals surface area contributed by atoms with E-state index in [0.717, 1.165) is 0 Å². The van der Waals surface area contributed by atoms with Gasteiger partial charge < -0.3 is 9.84 Å². The topological polar surface area (TPSA) is 66.8 Å². The Balaban J connectivity index is 1.92. The summed E-state index contributed by atoms with van der Waals surface area (Å²) in [5.41, 5.74) is 0. The summed E-state index contributed by atoms with van der Waals surface area (Å²) >= 11 is 0. The molecule has 0 aromatic carbocycles. The molecule has 2 fully saturated rings. The number of aliphatic hydroxyl groups excluding tert-OH is 1. The molecule has 5 heteroatoms. The summed E-state index contributed by atoms with van der Waals surface area (Å²) in [5, 5.41) is 9.12. The summed E-state index contributed by atoms with van der Waals surface area (Å²) in [6, 6.07) is 0. The largest absolute Gasteiger partial charge is 0.393 e. The lowest BCUT2D eigenvalue weighted by Gasteiger charge is -2.29. The summed E-state index contributed by atoms with van der Waals surface area (Å²) in [6.45, 7) is 2.10. The van der Waals surface area contributed by atoms with E-state index >= 15 is 0 Å². The first-order valence-electron chi connectivity index (χ1n) is 5.78. The highest BCUT2D eigenvalue weighted by Gasteiger charge is 2.45. The molecule has 90 valence electrons. The minimum atomic E-state index is -0.408. The Hall–Kier alpha value is -0.940. The molecule has 2 saturated heterocycles. The first-order valence-corrected chi connectivity index (χ1v) is 5.78. The van der Waals surface area contributed by atoms with E-state index in [-0.39, 0.29) is 17.9 Å². The number of ether oxygens (including phenoxy) is 1. The molecule has 0 saturated carbocycles. The SMILES string of the molecule is CC(O)CCCN1C(=O)C2CCC(O2)C1=O. The van der Waals surface area contributed by atoms with Crippen molar-refractivity contribution in [1.82, 2.24) is 4.90 Å². The van der Waals surface area contributed by atoms with Gasteiger partial charge in [-0.05, 0) is 32.6 Å². The van der Waals surface area contributed by atoms with Gasteiger partial charge in [0.25, 0.3) is 11.8 Å². The number of carbonyl (C=O) groups is 2. The molecule has 2 heterocycles. The van der Waals surface area contributed by atoms with E-state index in [4.69, 9.17) is 9.84 Å². The van der Waals surface area contributed by atoms with Gasteiger partial charge in [0.05, 0.1) is 6.10 Å². The first kappa shape index (κ1) is 11.5. The second-order valence-corrected chi connectivity index (χ2v) is 4.51. The minimum Gasteiger partial charge on any atom is -0.393 e. The standard InChI is InChI=1S/C11H17NO4/c1-7(13)3-2-6-12-10(14)8-4-5-9(16-8)11(12)15/h7-9,13H,2-6H2,1H3. The maximum absolute atomic E-state index is 11.8. The predicted octanol–water partition coefficient (Wildman–Crippen LogP) is 0.0638. The maximum atomic E-state index is 11.8. The molecule has 0 aromatic rings. The zero-order valence-corrected chi connectivity index (χ0v) is 9.39. The molecule has 2 amide bonds. The molecule has 0 spiro atoms. The zero-order chi connectivity index (χ0) is 11.7. The van der Waals surface area contributed by atoms with Crippen molar-refractivity contribution >= 4 is 11.8 Å². The Morgan fingerprint density at radius 1 is 1.38 bits per heavy atom. The molecule has 16 heavy (non-hydrogen) atoms. The summed E-state index contributed by atoms with van der Waals surface area (Å²) < 4.78 is 5.29. The van der Waals surface area contributed by atoms with Gasteiger partial charge in [0, 0.05) is 6.54 Å². The van der Waals surface area contributed by atoms with Crippen LogP contribution < -0.4 is 0 Å². The average molecular weight is 227 g/mol. The molecule has 1 N–H and O–H groups in total. The van der Waals surface area contributed by atoms with Crippen LogP contribution >= 0.6 is 0 Å². The zero-order valence-electron chi connectivity index (χ0n) is 9.39. The number of hydrogen-bond donors (Lipinski definition) is 1. The lowest BCUT2D eigenvalue weighted by atomic mass is 10.2. The van der Waals surface area contributed by atoms with Crippen LogP contribution in [0.3, 0.4) is 0 Å². The lowest BCUT2D eigenvalue weighted by molar-refractivity contribution is -0.168. The number of fused-ring (bicyclic) bond motifs is 2. The summed E-state index contributed by atoms with van der Waals surface area (Å²) in [6.07, 6.45) is 1.36. The molecule has 5 nitrogen and oxygen atoms in total. The summed E-state index contributed by atoms with van der Waals surface area (Å²) in [5.74, 6) is -0.409. The van der Waals surface area contributed by atoms with Gasteiger partial charge in [0.15, 0.2) is 0 Å². The van der Waals surface area contributed by atoms with Crippen molar-refractivity contribution in [2.75, 3.05) is 6.54 Å². The highest BCUT2D eigenvalue weighted by Crippen LogP contribution is 2.28. The van der Waals surface area contributed by atoms with Crippen molar-refractivity contribution in [3.05, 3.63) is 0 Å². The van der Waals surface area contributed by atoms with Crippen molar-refractivity contribution in [1.29, 1.82) is 0 Å². The third kappa shape index (κ3) is 2.10. The molecule has 0 aliphatic carbocycles. The lowest BCUT2D eigenvalue weighted by Crippen LogP contribution is -2.51. The quantitative estimate of drug-likeness (QED) is 0.690. The number of amides is 2. The molecule has 2 aliphatic rings. The smallest absolute Gasteiger partial charge is 0.258 e. The van der Waals surface area contributed by atoms with Crippen molar-refractivity contribution in [3.63, 3.8) is 0 Å². The van der Waals surface area contributed by atoms with Gasteiger partial charge in [-0.15, -0.1) is 0 Å². The third-order valence-corrected chi connectivity index (χ3v) is 3.11. The van der Waals surface area contributed by atoms with Crippen LogP contribution in [-0.4, -0.2) is 46.7 Å². The molecule has 3 unspecified atom stereocenters. The highest BCUT2D eigenvalue weighted by atomic mass is 16.5. The Morgan fingerprint density at radius 3 is 2.44 bits per heavy atom. The molecular formula is C11H17NO4. The molecule has 3 atom stereocenters. The van der Waals surface area contributed by atoms with Crippen LogP contribution in [0.5, 0.6) is 0 Å². The van der Waals surface area contributed by atoms with Crippen LogP contribution in [0.15, 0.2) is 0 Å². The molecule has 2 bridgehead atoms. The average Bonchev–Trinajstić information content (AvgIpc) is 2.67. The second kappa shape index (κ2) is 4.51. The van der Waals surface area contributed by atoms with Gasteiger partial charge in [-0.25, -0.2) is 0 Å². The molecule has 2 aliphatic heterocycles. The number of nitrogens with zero attached hydrogens (tertiary/aromatic N) is 1. The van der Waals surface area contributed by atoms with E-state index in [9.17, 15) is 9.59 Å². The van der Waals surface area contributed by atoms with Crippen LogP contribution in [0.2, 0.25) is 0 Å². The summed E-state index contributed by atoms with van der Waals surface area (Å²) in [4.78, 5) is 24.9. The second-order valence-electron chi connectivity index (χ2n) is 4.51. The van der Waals surface area contributed by atoms with Gasteiger partial charge in [-0.2, -0.15) is 0 Å². The van der Waals surface area contributed by atoms with E-state index < -0.39 is 12.2 Å². The summed E-state index contributed by atoms with van der Waals surface area (Å²) in [7, 11) is 0. The number of likely N-dealkylation sites (tertiary alicyclic amines) is 1. The van der Waals surface area contributed by atoms with Gasteiger partial charge in [0.2, 0.25) is 0 Å². The molecule has 0 radical (unpaired) electrons. The van der Waals surface area contributed by atoms with Crippen molar-refractivity contribution in [2.24, 2.45) is 0 Å². The van der Waals surface area contributed by atoms with Crippen LogP contribution in [-0.2, 0) is 14.3 Å². The fourth-order valence-corrected chi connectivity index (χ4v) is 2.22. The van der Waals surface area contributed by atoms with E-state index in [1.165, 1.54) is 4.90 Å². The van der Waals surface area contributed by atoms with Crippen molar-refractivity contribution in [2.45, 2.75) is 50.9 Å². The van der Waals surface area contributed by atoms with E-state index in [1.54, 1.807) is 6.92 Å². The van der Waals surface area contributed by atoms with Gasteiger partial charge >= 0.3 is 0 Å². The number of morpholine rings is 1. The van der Waals surface area contributed by atoms with Crippen LogP contribution in [0.25, 0.3) is 0 Å². The van der Waals surface area contributed by atoms with Crippen molar-refractivity contribution < 1.29 is 19.4 Å².